The van der Waals surface area contributed by atoms with Crippen molar-refractivity contribution in [1.29, 1.82) is 0 Å². The van der Waals surface area contributed by atoms with Crippen molar-refractivity contribution < 1.29 is 23.6 Å². The summed E-state index contributed by atoms with van der Waals surface area (Å²) in [7, 11) is 0. The highest BCUT2D eigenvalue weighted by Crippen LogP contribution is 2.37. The summed E-state index contributed by atoms with van der Waals surface area (Å²) in [5, 5.41) is 6.94. The summed E-state index contributed by atoms with van der Waals surface area (Å²) in [6.45, 7) is 1.52. The minimum atomic E-state index is -0.946. The molecule has 0 aromatic heterocycles. The number of carbonyl (C=O) groups excluding carboxylic acids is 4. The number of hydrogen-bond donors (Lipinski definition) is 3. The molecule has 1 aliphatic carbocycles. The molecule has 1 aromatic carbocycles. The molecule has 2 fully saturated rings. The quantitative estimate of drug-likeness (QED) is 0.686. The molecule has 1 saturated carbocycles. The van der Waals surface area contributed by atoms with Crippen LogP contribution >= 0.6 is 0 Å². The second kappa shape index (κ2) is 7.95. The topological polar surface area (TPSA) is 108 Å². The first-order valence-electron chi connectivity index (χ1n) is 9.34. The molecule has 0 atom stereocenters. The van der Waals surface area contributed by atoms with E-state index in [2.05, 4.69) is 17.6 Å². The Morgan fingerprint density at radius 1 is 1.25 bits per heavy atom. The molecule has 0 unspecified atom stereocenters. The van der Waals surface area contributed by atoms with Crippen molar-refractivity contribution in [2.45, 2.75) is 44.6 Å². The van der Waals surface area contributed by atoms with Gasteiger partial charge in [0, 0.05) is 0 Å². The Hall–Kier alpha value is -2.97. The Morgan fingerprint density at radius 3 is 2.57 bits per heavy atom. The maximum absolute atomic E-state index is 13.5. The van der Waals surface area contributed by atoms with Crippen LogP contribution < -0.4 is 16.0 Å². The van der Waals surface area contributed by atoms with Crippen molar-refractivity contribution in [1.82, 2.24) is 15.5 Å². The first-order valence-corrected chi connectivity index (χ1v) is 9.34. The highest BCUT2D eigenvalue weighted by atomic mass is 19.1. The average Bonchev–Trinajstić information content (AvgIpc) is 2.88. The zero-order chi connectivity index (χ0) is 20.3. The van der Waals surface area contributed by atoms with E-state index in [1.807, 2.05) is 5.32 Å². The smallest absolute Gasteiger partial charge is 0.323 e. The number of carbonyl (C=O) groups is 4. The number of benzene rings is 1. The van der Waals surface area contributed by atoms with Crippen LogP contribution in [0.4, 0.5) is 19.7 Å². The lowest BCUT2D eigenvalue weighted by Gasteiger charge is -2.34. The number of urea groups is 2. The summed E-state index contributed by atoms with van der Waals surface area (Å²) in [6, 6.07) is 3.92. The molecule has 6 amide bonds. The van der Waals surface area contributed by atoms with Crippen LogP contribution in [0.2, 0.25) is 0 Å². The maximum atomic E-state index is 13.5. The second-order valence-corrected chi connectivity index (χ2v) is 7.24. The lowest BCUT2D eigenvalue weighted by atomic mass is 9.75. The van der Waals surface area contributed by atoms with Gasteiger partial charge in [0.25, 0.3) is 5.91 Å². The molecule has 2 aliphatic rings. The van der Waals surface area contributed by atoms with Crippen LogP contribution in [0.1, 0.15) is 39.0 Å². The fourth-order valence-electron chi connectivity index (χ4n) is 3.76. The van der Waals surface area contributed by atoms with Gasteiger partial charge in [0.15, 0.2) is 0 Å². The van der Waals surface area contributed by atoms with Crippen LogP contribution in [0.15, 0.2) is 24.3 Å². The van der Waals surface area contributed by atoms with E-state index in [1.165, 1.54) is 18.2 Å². The summed E-state index contributed by atoms with van der Waals surface area (Å²) >= 11 is 0. The molecule has 9 heteroatoms. The largest absolute Gasteiger partial charge is 0.326 e. The Morgan fingerprint density at radius 2 is 1.93 bits per heavy atom. The third kappa shape index (κ3) is 3.97. The summed E-state index contributed by atoms with van der Waals surface area (Å²) in [4.78, 5) is 49.8. The van der Waals surface area contributed by atoms with Crippen LogP contribution in [-0.2, 0) is 9.59 Å². The molecule has 0 radical (unpaired) electrons. The number of halogens is 1. The minimum Gasteiger partial charge on any atom is -0.323 e. The summed E-state index contributed by atoms with van der Waals surface area (Å²) in [6.07, 6.45) is 3.80. The Labute approximate surface area is 161 Å². The molecule has 1 aromatic rings. The number of amides is 6. The zero-order valence-corrected chi connectivity index (χ0v) is 15.6. The lowest BCUT2D eigenvalue weighted by Crippen LogP contribution is -2.50. The zero-order valence-electron chi connectivity index (χ0n) is 15.6. The van der Waals surface area contributed by atoms with E-state index < -0.39 is 41.8 Å². The van der Waals surface area contributed by atoms with E-state index in [9.17, 15) is 23.6 Å². The standard InChI is InChI=1S/C19H23FN4O4/c1-2-12-7-9-19(10-8-12)16(26)24(18(28)23-19)11-15(25)22-17(27)21-14-6-4-3-5-13(14)20/h3-6,12H,2,7-11H2,1H3,(H,23,28)(H2,21,22,25,27). The number of hydrogen-bond acceptors (Lipinski definition) is 4. The number of imide groups is 2. The van der Waals surface area contributed by atoms with Crippen molar-refractivity contribution >= 4 is 29.6 Å². The van der Waals surface area contributed by atoms with Crippen LogP contribution in [0, 0.1) is 11.7 Å². The normalized spacial score (nSPS) is 24.2. The number of anilines is 1. The first kappa shape index (κ1) is 19.8. The van der Waals surface area contributed by atoms with Crippen molar-refractivity contribution in [3.05, 3.63) is 30.1 Å². The van der Waals surface area contributed by atoms with Crippen molar-refractivity contribution in [2.75, 3.05) is 11.9 Å². The molecular formula is C19H23FN4O4. The van der Waals surface area contributed by atoms with E-state index in [-0.39, 0.29) is 5.69 Å². The molecule has 1 spiro atoms. The molecule has 1 aliphatic heterocycles. The predicted molar refractivity (Wildman–Crippen MR) is 98.8 cm³/mol. The van der Waals surface area contributed by atoms with E-state index in [4.69, 9.17) is 0 Å². The molecule has 1 heterocycles. The van der Waals surface area contributed by atoms with Crippen molar-refractivity contribution in [3.63, 3.8) is 0 Å². The van der Waals surface area contributed by atoms with Gasteiger partial charge in [-0.3, -0.25) is 19.8 Å². The number of para-hydroxylation sites is 1. The van der Waals surface area contributed by atoms with Gasteiger partial charge in [-0.1, -0.05) is 25.5 Å². The number of nitrogens with one attached hydrogen (secondary N) is 3. The average molecular weight is 390 g/mol. The molecule has 150 valence electrons. The molecule has 0 bridgehead atoms. The molecule has 3 rings (SSSR count). The maximum Gasteiger partial charge on any atom is 0.326 e. The van der Waals surface area contributed by atoms with Gasteiger partial charge in [0.2, 0.25) is 5.91 Å². The third-order valence-electron chi connectivity index (χ3n) is 5.46. The van der Waals surface area contributed by atoms with E-state index in [1.54, 1.807) is 0 Å². The first-order chi connectivity index (χ1) is 13.3. The third-order valence-corrected chi connectivity index (χ3v) is 5.46. The molecular weight excluding hydrogens is 367 g/mol. The van der Waals surface area contributed by atoms with Gasteiger partial charge in [-0.25, -0.2) is 14.0 Å². The lowest BCUT2D eigenvalue weighted by molar-refractivity contribution is -0.135. The Balaban J connectivity index is 1.57. The molecule has 28 heavy (non-hydrogen) atoms. The van der Waals surface area contributed by atoms with E-state index in [0.717, 1.165) is 30.2 Å². The summed E-state index contributed by atoms with van der Waals surface area (Å²) in [5.74, 6) is -1.38. The van der Waals surface area contributed by atoms with Gasteiger partial charge in [0.1, 0.15) is 17.9 Å². The monoisotopic (exact) mass is 390 g/mol. The second-order valence-electron chi connectivity index (χ2n) is 7.24. The highest BCUT2D eigenvalue weighted by molar-refractivity contribution is 6.10. The van der Waals surface area contributed by atoms with Crippen LogP contribution in [-0.4, -0.2) is 40.9 Å². The fraction of sp³-hybridized carbons (Fsp3) is 0.474. The van der Waals surface area contributed by atoms with Crippen LogP contribution in [0.3, 0.4) is 0 Å². The molecule has 3 N–H and O–H groups in total. The summed E-state index contributed by atoms with van der Waals surface area (Å²) in [5.41, 5.74) is -1.03. The van der Waals surface area contributed by atoms with Crippen LogP contribution in [0.5, 0.6) is 0 Å². The van der Waals surface area contributed by atoms with Crippen LogP contribution in [0.25, 0.3) is 0 Å². The van der Waals surface area contributed by atoms with Gasteiger partial charge in [-0.15, -0.1) is 0 Å². The van der Waals surface area contributed by atoms with E-state index in [0.29, 0.717) is 18.8 Å². The van der Waals surface area contributed by atoms with E-state index >= 15 is 0 Å². The molecule has 8 nitrogen and oxygen atoms in total. The van der Waals surface area contributed by atoms with Gasteiger partial charge in [-0.05, 0) is 43.7 Å². The highest BCUT2D eigenvalue weighted by Gasteiger charge is 2.52. The predicted octanol–water partition coefficient (Wildman–Crippen LogP) is 2.36. The fourth-order valence-corrected chi connectivity index (χ4v) is 3.76. The van der Waals surface area contributed by atoms with Crippen molar-refractivity contribution in [3.8, 4) is 0 Å². The van der Waals surface area contributed by atoms with Gasteiger partial charge >= 0.3 is 12.1 Å². The van der Waals surface area contributed by atoms with Gasteiger partial charge in [0.05, 0.1) is 5.69 Å². The number of rotatable bonds is 4. The van der Waals surface area contributed by atoms with Gasteiger partial charge < -0.3 is 10.6 Å². The minimum absolute atomic E-state index is 0.0885. The Bertz CT molecular complexity index is 805. The van der Waals surface area contributed by atoms with Gasteiger partial charge in [-0.2, -0.15) is 0 Å². The molecule has 1 saturated heterocycles. The SMILES string of the molecule is CCC1CCC2(CC1)NC(=O)N(CC(=O)NC(=O)Nc1ccccc1F)C2=O. The summed E-state index contributed by atoms with van der Waals surface area (Å²) < 4.78 is 13.5. The van der Waals surface area contributed by atoms with Crippen molar-refractivity contribution in [2.24, 2.45) is 5.92 Å². The Kier molecular flexibility index (Phi) is 5.62. The number of nitrogens with zero attached hydrogens (tertiary/aromatic N) is 1.